The van der Waals surface area contributed by atoms with Crippen molar-refractivity contribution in [2.45, 2.75) is 5.92 Å². The smallest absolute Gasteiger partial charge is 0.261 e. The fourth-order valence-corrected chi connectivity index (χ4v) is 3.10. The summed E-state index contributed by atoms with van der Waals surface area (Å²) < 4.78 is 0. The molecule has 0 saturated heterocycles. The molecule has 0 aliphatic carbocycles. The molecule has 3 aromatic rings. The van der Waals surface area contributed by atoms with E-state index >= 15 is 0 Å². The molecule has 0 fully saturated rings. The Bertz CT molecular complexity index is 936. The Kier molecular flexibility index (Phi) is 3.78. The number of anilines is 2. The molecule has 0 spiro atoms. The first-order valence-corrected chi connectivity index (χ1v) is 8.13. The van der Waals surface area contributed by atoms with Gasteiger partial charge in [-0.1, -0.05) is 66.7 Å². The van der Waals surface area contributed by atoms with Crippen LogP contribution in [0.3, 0.4) is 0 Å². The number of benzene rings is 3. The van der Waals surface area contributed by atoms with Gasteiger partial charge in [0.25, 0.3) is 5.91 Å². The van der Waals surface area contributed by atoms with Crippen molar-refractivity contribution in [1.29, 1.82) is 0 Å². The van der Waals surface area contributed by atoms with Crippen LogP contribution >= 0.6 is 0 Å². The van der Waals surface area contributed by atoms with E-state index in [0.29, 0.717) is 11.4 Å². The molecule has 1 atom stereocenters. The maximum atomic E-state index is 13.2. The van der Waals surface area contributed by atoms with Crippen LogP contribution < -0.4 is 10.7 Å². The van der Waals surface area contributed by atoms with Gasteiger partial charge >= 0.3 is 0 Å². The number of para-hydroxylation sites is 2. The first-order chi connectivity index (χ1) is 12.3. The molecule has 25 heavy (non-hydrogen) atoms. The van der Waals surface area contributed by atoms with Gasteiger partial charge in [0.15, 0.2) is 0 Å². The SMILES string of the molecule is Nc1ccccc1C1C(=O)N(c2ccccc2)N=C1c1ccccc1. The van der Waals surface area contributed by atoms with Gasteiger partial charge in [0, 0.05) is 5.69 Å². The minimum Gasteiger partial charge on any atom is -0.398 e. The predicted octanol–water partition coefficient (Wildman–Crippen LogP) is 3.80. The zero-order valence-corrected chi connectivity index (χ0v) is 13.5. The third kappa shape index (κ3) is 2.68. The number of nitrogens with zero attached hydrogens (tertiary/aromatic N) is 2. The number of rotatable bonds is 3. The summed E-state index contributed by atoms with van der Waals surface area (Å²) in [6.45, 7) is 0. The van der Waals surface area contributed by atoms with E-state index in [1.165, 1.54) is 5.01 Å². The van der Waals surface area contributed by atoms with E-state index in [4.69, 9.17) is 5.73 Å². The lowest BCUT2D eigenvalue weighted by molar-refractivity contribution is -0.118. The number of hydrogen-bond acceptors (Lipinski definition) is 3. The monoisotopic (exact) mass is 327 g/mol. The van der Waals surface area contributed by atoms with Gasteiger partial charge in [0.05, 0.1) is 11.4 Å². The van der Waals surface area contributed by atoms with Crippen molar-refractivity contribution in [2.75, 3.05) is 10.7 Å². The summed E-state index contributed by atoms with van der Waals surface area (Å²) in [5.41, 5.74) is 9.93. The topological polar surface area (TPSA) is 58.7 Å². The van der Waals surface area contributed by atoms with Crippen molar-refractivity contribution >= 4 is 23.0 Å². The molecule has 0 aromatic heterocycles. The van der Waals surface area contributed by atoms with Crippen molar-refractivity contribution in [3.05, 3.63) is 96.1 Å². The number of nitrogens with two attached hydrogens (primary N) is 1. The normalized spacial score (nSPS) is 16.8. The standard InChI is InChI=1S/C21H17N3O/c22-18-14-8-7-13-17(18)19-20(15-9-3-1-4-10-15)23-24(21(19)25)16-11-5-2-6-12-16/h1-14,19H,22H2. The molecule has 1 heterocycles. The van der Waals surface area contributed by atoms with Gasteiger partial charge in [0.2, 0.25) is 0 Å². The number of amides is 1. The quantitative estimate of drug-likeness (QED) is 0.744. The summed E-state index contributed by atoms with van der Waals surface area (Å²) in [6, 6.07) is 26.7. The third-order valence-electron chi connectivity index (χ3n) is 4.31. The third-order valence-corrected chi connectivity index (χ3v) is 4.31. The van der Waals surface area contributed by atoms with E-state index in [1.807, 2.05) is 84.9 Å². The van der Waals surface area contributed by atoms with E-state index in [0.717, 1.165) is 16.8 Å². The Morgan fingerprint density at radius 2 is 1.40 bits per heavy atom. The second-order valence-electron chi connectivity index (χ2n) is 5.90. The van der Waals surface area contributed by atoms with Gasteiger partial charge in [-0.25, -0.2) is 0 Å². The van der Waals surface area contributed by atoms with Crippen LogP contribution in [0.1, 0.15) is 17.0 Å². The molecule has 1 amide bonds. The van der Waals surface area contributed by atoms with Crippen LogP contribution in [0.15, 0.2) is 90.0 Å². The largest absolute Gasteiger partial charge is 0.398 e. The van der Waals surface area contributed by atoms with Crippen molar-refractivity contribution < 1.29 is 4.79 Å². The van der Waals surface area contributed by atoms with Crippen molar-refractivity contribution in [1.82, 2.24) is 0 Å². The molecule has 1 unspecified atom stereocenters. The molecule has 4 nitrogen and oxygen atoms in total. The fraction of sp³-hybridized carbons (Fsp3) is 0.0476. The Morgan fingerprint density at radius 3 is 2.08 bits per heavy atom. The van der Waals surface area contributed by atoms with E-state index in [9.17, 15) is 4.79 Å². The van der Waals surface area contributed by atoms with Crippen molar-refractivity contribution in [2.24, 2.45) is 5.10 Å². The molecule has 1 aliphatic rings. The highest BCUT2D eigenvalue weighted by Crippen LogP contribution is 2.35. The Morgan fingerprint density at radius 1 is 0.800 bits per heavy atom. The van der Waals surface area contributed by atoms with Gasteiger partial charge in [-0.2, -0.15) is 10.1 Å². The number of carbonyl (C=O) groups is 1. The Labute approximate surface area is 146 Å². The predicted molar refractivity (Wildman–Crippen MR) is 101 cm³/mol. The molecule has 4 heteroatoms. The fourth-order valence-electron chi connectivity index (χ4n) is 3.10. The lowest BCUT2D eigenvalue weighted by Gasteiger charge is -2.16. The highest BCUT2D eigenvalue weighted by Gasteiger charge is 2.39. The van der Waals surface area contributed by atoms with Crippen LogP contribution in [0, 0.1) is 0 Å². The van der Waals surface area contributed by atoms with Crippen LogP contribution in [-0.4, -0.2) is 11.6 Å². The number of hydrogen-bond donors (Lipinski definition) is 1. The zero-order valence-electron chi connectivity index (χ0n) is 13.5. The van der Waals surface area contributed by atoms with Crippen molar-refractivity contribution in [3.8, 4) is 0 Å². The summed E-state index contributed by atoms with van der Waals surface area (Å²) in [4.78, 5) is 13.2. The van der Waals surface area contributed by atoms with E-state index in [-0.39, 0.29) is 5.91 Å². The Hall–Kier alpha value is -3.40. The molecule has 0 saturated carbocycles. The molecule has 1 aliphatic heterocycles. The molecule has 0 bridgehead atoms. The van der Waals surface area contributed by atoms with E-state index in [2.05, 4.69) is 5.10 Å². The number of carbonyl (C=O) groups excluding carboxylic acids is 1. The van der Waals surface area contributed by atoms with Crippen LogP contribution in [0.2, 0.25) is 0 Å². The van der Waals surface area contributed by atoms with Crippen LogP contribution in [-0.2, 0) is 4.79 Å². The molecule has 122 valence electrons. The first-order valence-electron chi connectivity index (χ1n) is 8.13. The van der Waals surface area contributed by atoms with Gasteiger partial charge in [-0.05, 0) is 29.3 Å². The van der Waals surface area contributed by atoms with Crippen LogP contribution in [0.25, 0.3) is 0 Å². The maximum absolute atomic E-state index is 13.2. The molecular formula is C21H17N3O. The van der Waals surface area contributed by atoms with Gasteiger partial charge in [-0.15, -0.1) is 0 Å². The lowest BCUT2D eigenvalue weighted by atomic mass is 9.89. The molecule has 3 aromatic carbocycles. The molecular weight excluding hydrogens is 310 g/mol. The lowest BCUT2D eigenvalue weighted by Crippen LogP contribution is -2.26. The summed E-state index contributed by atoms with van der Waals surface area (Å²) in [6.07, 6.45) is 0. The summed E-state index contributed by atoms with van der Waals surface area (Å²) in [5, 5.41) is 6.13. The Balaban J connectivity index is 1.86. The minimum absolute atomic E-state index is 0.0945. The number of nitrogen functional groups attached to an aromatic ring is 1. The second-order valence-corrected chi connectivity index (χ2v) is 5.90. The highest BCUT2D eigenvalue weighted by molar-refractivity contribution is 6.25. The summed E-state index contributed by atoms with van der Waals surface area (Å²) in [7, 11) is 0. The first kappa shape index (κ1) is 15.1. The highest BCUT2D eigenvalue weighted by atomic mass is 16.2. The van der Waals surface area contributed by atoms with Crippen LogP contribution in [0.5, 0.6) is 0 Å². The number of hydrazone groups is 1. The molecule has 2 N–H and O–H groups in total. The molecule has 4 rings (SSSR count). The molecule has 0 radical (unpaired) electrons. The zero-order chi connectivity index (χ0) is 17.2. The maximum Gasteiger partial charge on any atom is 0.261 e. The van der Waals surface area contributed by atoms with Crippen LogP contribution in [0.4, 0.5) is 11.4 Å². The van der Waals surface area contributed by atoms with Gasteiger partial charge in [-0.3, -0.25) is 4.79 Å². The second kappa shape index (κ2) is 6.24. The van der Waals surface area contributed by atoms with Gasteiger partial charge < -0.3 is 5.73 Å². The average molecular weight is 327 g/mol. The summed E-state index contributed by atoms with van der Waals surface area (Å²) >= 11 is 0. The van der Waals surface area contributed by atoms with E-state index in [1.54, 1.807) is 0 Å². The van der Waals surface area contributed by atoms with Gasteiger partial charge in [0.1, 0.15) is 5.92 Å². The van der Waals surface area contributed by atoms with Crippen molar-refractivity contribution in [3.63, 3.8) is 0 Å². The summed E-state index contributed by atoms with van der Waals surface area (Å²) in [5.74, 6) is -0.605. The minimum atomic E-state index is -0.510. The average Bonchev–Trinajstić information content (AvgIpc) is 3.01. The van der Waals surface area contributed by atoms with E-state index < -0.39 is 5.92 Å².